The van der Waals surface area contributed by atoms with Gasteiger partial charge >= 0.3 is 0 Å². The summed E-state index contributed by atoms with van der Waals surface area (Å²) in [4.78, 5) is 26.5. The van der Waals surface area contributed by atoms with Crippen LogP contribution in [0.4, 0.5) is 0 Å². The molecule has 1 atom stereocenters. The molecule has 0 saturated heterocycles. The highest BCUT2D eigenvalue weighted by atomic mass is 28.4. The molecular formula is C34H36N2O4Si. The van der Waals surface area contributed by atoms with Crippen LogP contribution >= 0.6 is 0 Å². The molecule has 2 aromatic heterocycles. The van der Waals surface area contributed by atoms with Crippen LogP contribution in [-0.2, 0) is 11.5 Å². The number of rotatable bonds is 5. The van der Waals surface area contributed by atoms with E-state index in [-0.39, 0.29) is 28.8 Å². The number of pyridine rings is 2. The van der Waals surface area contributed by atoms with Gasteiger partial charge in [0.05, 0.1) is 23.7 Å². The molecule has 0 bridgehead atoms. The first-order valence-corrected chi connectivity index (χ1v) is 16.0. The Morgan fingerprint density at radius 2 is 1.37 bits per heavy atom. The summed E-state index contributed by atoms with van der Waals surface area (Å²) in [7, 11) is -1.06. The number of aromatic nitrogens is 2. The van der Waals surface area contributed by atoms with E-state index in [1.807, 2.05) is 30.5 Å². The Balaban J connectivity index is 1.55. The van der Waals surface area contributed by atoms with Crippen LogP contribution in [0.2, 0.25) is 5.04 Å². The van der Waals surface area contributed by atoms with E-state index < -0.39 is 8.32 Å². The van der Waals surface area contributed by atoms with E-state index in [9.17, 15) is 9.59 Å². The van der Waals surface area contributed by atoms with Crippen molar-refractivity contribution in [3.63, 3.8) is 0 Å². The molecule has 5 aromatic rings. The first-order valence-electron chi connectivity index (χ1n) is 14.1. The number of ether oxygens (including phenoxy) is 1. The van der Waals surface area contributed by atoms with Crippen molar-refractivity contribution in [1.29, 1.82) is 0 Å². The van der Waals surface area contributed by atoms with Gasteiger partial charge in [-0.1, -0.05) is 81.4 Å². The summed E-state index contributed by atoms with van der Waals surface area (Å²) >= 11 is 0. The van der Waals surface area contributed by atoms with E-state index >= 15 is 0 Å². The predicted molar refractivity (Wildman–Crippen MR) is 169 cm³/mol. The van der Waals surface area contributed by atoms with Crippen LogP contribution in [0.5, 0.6) is 5.75 Å². The van der Waals surface area contributed by atoms with Crippen LogP contribution in [0.15, 0.2) is 88.5 Å². The van der Waals surface area contributed by atoms with Gasteiger partial charge in [0.25, 0.3) is 19.4 Å². The smallest absolute Gasteiger partial charge is 0.261 e. The molecule has 3 heterocycles. The summed E-state index contributed by atoms with van der Waals surface area (Å²) in [5, 5.41) is 4.08. The van der Waals surface area contributed by atoms with Gasteiger partial charge in [-0.2, -0.15) is 0 Å². The SMILES string of the molecule is Cc1cc(=O)n(C)c2c3c4c(cc12)c(C)cc(=O)n4C(CO[Si](c1ccccc1)(c1ccccc1)C(C)(C)C)CO3. The van der Waals surface area contributed by atoms with Crippen molar-refractivity contribution in [2.24, 2.45) is 7.05 Å². The maximum atomic E-state index is 13.7. The monoisotopic (exact) mass is 564 g/mol. The molecule has 7 heteroatoms. The summed E-state index contributed by atoms with van der Waals surface area (Å²) in [5.41, 5.74) is 3.02. The van der Waals surface area contributed by atoms with E-state index in [1.54, 1.807) is 23.7 Å². The fourth-order valence-corrected chi connectivity index (χ4v) is 11.2. The zero-order chi connectivity index (χ0) is 29.1. The van der Waals surface area contributed by atoms with Gasteiger partial charge in [0.2, 0.25) is 0 Å². The van der Waals surface area contributed by atoms with Crippen molar-refractivity contribution in [3.8, 4) is 5.75 Å². The summed E-state index contributed by atoms with van der Waals surface area (Å²) in [6.07, 6.45) is 0. The molecule has 0 radical (unpaired) electrons. The molecule has 6 nitrogen and oxygen atoms in total. The third kappa shape index (κ3) is 4.18. The van der Waals surface area contributed by atoms with Crippen molar-refractivity contribution in [1.82, 2.24) is 9.13 Å². The van der Waals surface area contributed by atoms with Gasteiger partial charge < -0.3 is 13.7 Å². The van der Waals surface area contributed by atoms with Crippen molar-refractivity contribution in [3.05, 3.63) is 111 Å². The minimum absolute atomic E-state index is 0.0902. The zero-order valence-corrected chi connectivity index (χ0v) is 25.5. The third-order valence-corrected chi connectivity index (χ3v) is 13.6. The van der Waals surface area contributed by atoms with Crippen molar-refractivity contribution >= 4 is 40.5 Å². The van der Waals surface area contributed by atoms with Gasteiger partial charge in [-0.3, -0.25) is 14.2 Å². The second-order valence-electron chi connectivity index (χ2n) is 12.2. The molecule has 1 unspecified atom stereocenters. The number of hydrogen-bond acceptors (Lipinski definition) is 4. The van der Waals surface area contributed by atoms with Crippen LogP contribution in [-0.4, -0.2) is 30.7 Å². The summed E-state index contributed by atoms with van der Waals surface area (Å²) < 4.78 is 17.2. The van der Waals surface area contributed by atoms with E-state index in [1.165, 1.54) is 10.4 Å². The zero-order valence-electron chi connectivity index (χ0n) is 24.5. The maximum absolute atomic E-state index is 13.7. The van der Waals surface area contributed by atoms with E-state index in [4.69, 9.17) is 9.16 Å². The second-order valence-corrected chi connectivity index (χ2v) is 16.5. The van der Waals surface area contributed by atoms with Crippen molar-refractivity contribution in [2.75, 3.05) is 13.2 Å². The molecule has 0 fully saturated rings. The molecule has 0 aliphatic carbocycles. The van der Waals surface area contributed by atoms with Gasteiger partial charge in [0, 0.05) is 30.0 Å². The van der Waals surface area contributed by atoms with Crippen LogP contribution in [0.1, 0.15) is 37.9 Å². The Bertz CT molecular complexity index is 1860. The standard InChI is InChI=1S/C34H36N2O4Si/c1-22-17-29(37)35(6)31-27(22)19-28-23(2)18-30(38)36-24(20-39-33(31)32(28)36)21-40-41(34(3,4)5,25-13-9-7-10-14-25)26-15-11-8-12-16-26/h7-19,24H,20-21H2,1-6H3. The summed E-state index contributed by atoms with van der Waals surface area (Å²) in [5.74, 6) is 0.586. The highest BCUT2D eigenvalue weighted by Crippen LogP contribution is 2.41. The fourth-order valence-electron chi connectivity index (χ4n) is 6.58. The molecule has 41 heavy (non-hydrogen) atoms. The van der Waals surface area contributed by atoms with E-state index in [0.29, 0.717) is 17.9 Å². The highest BCUT2D eigenvalue weighted by Gasteiger charge is 2.50. The minimum atomic E-state index is -2.82. The van der Waals surface area contributed by atoms with Crippen molar-refractivity contribution in [2.45, 2.75) is 45.7 Å². The number of fused-ring (bicyclic) bond motifs is 2. The lowest BCUT2D eigenvalue weighted by atomic mass is 10.0. The van der Waals surface area contributed by atoms with Gasteiger partial charge in [-0.05, 0) is 46.5 Å². The number of hydrogen-bond donors (Lipinski definition) is 0. The summed E-state index contributed by atoms with van der Waals surface area (Å²) in [6, 6.07) is 26.1. The molecule has 0 amide bonds. The van der Waals surface area contributed by atoms with Crippen LogP contribution in [0, 0.1) is 13.8 Å². The van der Waals surface area contributed by atoms with Crippen LogP contribution < -0.4 is 26.2 Å². The Kier molecular flexibility index (Phi) is 6.55. The Hall–Kier alpha value is -3.94. The molecule has 210 valence electrons. The van der Waals surface area contributed by atoms with Crippen molar-refractivity contribution < 1.29 is 9.16 Å². The van der Waals surface area contributed by atoms with E-state index in [0.717, 1.165) is 27.4 Å². The lowest BCUT2D eigenvalue weighted by molar-refractivity contribution is 0.163. The quantitative estimate of drug-likeness (QED) is 0.223. The van der Waals surface area contributed by atoms with Crippen LogP contribution in [0.3, 0.4) is 0 Å². The molecule has 1 aliphatic rings. The number of benzene rings is 3. The molecule has 1 aliphatic heterocycles. The number of aryl methyl sites for hydroxylation is 3. The lowest BCUT2D eigenvalue weighted by Crippen LogP contribution is -2.67. The molecule has 0 N–H and O–H groups in total. The minimum Gasteiger partial charge on any atom is -0.487 e. The Labute approximate surface area is 240 Å². The maximum Gasteiger partial charge on any atom is 0.261 e. The van der Waals surface area contributed by atoms with Gasteiger partial charge in [0.1, 0.15) is 6.61 Å². The van der Waals surface area contributed by atoms with Gasteiger partial charge in [-0.25, -0.2) is 0 Å². The first kappa shape index (κ1) is 27.2. The lowest BCUT2D eigenvalue weighted by Gasteiger charge is -2.44. The van der Waals surface area contributed by atoms with E-state index in [2.05, 4.69) is 75.4 Å². The molecule has 3 aromatic carbocycles. The molecule has 6 rings (SSSR count). The van der Waals surface area contributed by atoms with Crippen LogP contribution in [0.25, 0.3) is 21.8 Å². The topological polar surface area (TPSA) is 62.5 Å². The second kappa shape index (κ2) is 9.85. The Morgan fingerprint density at radius 3 is 1.93 bits per heavy atom. The highest BCUT2D eigenvalue weighted by molar-refractivity contribution is 6.99. The van der Waals surface area contributed by atoms with Gasteiger partial charge in [0.15, 0.2) is 5.75 Å². The predicted octanol–water partition coefficient (Wildman–Crippen LogP) is 4.98. The number of nitrogens with zero attached hydrogens (tertiary/aromatic N) is 2. The normalized spacial score (nSPS) is 15.3. The fraction of sp³-hybridized carbons (Fsp3) is 0.294. The first-order chi connectivity index (χ1) is 19.5. The average molecular weight is 565 g/mol. The van der Waals surface area contributed by atoms with Gasteiger partial charge in [-0.15, -0.1) is 0 Å². The summed E-state index contributed by atoms with van der Waals surface area (Å²) in [6.45, 7) is 11.2. The molecular weight excluding hydrogens is 528 g/mol. The third-order valence-electron chi connectivity index (χ3n) is 8.60. The Morgan fingerprint density at radius 1 is 0.829 bits per heavy atom. The molecule has 0 saturated carbocycles. The molecule has 0 spiro atoms. The largest absolute Gasteiger partial charge is 0.487 e. The average Bonchev–Trinajstić information content (AvgIpc) is 2.95.